The number of aldehydes is 1. The van der Waals surface area contributed by atoms with E-state index in [1.807, 2.05) is 18.2 Å². The zero-order valence-corrected chi connectivity index (χ0v) is 20.2. The Hall–Kier alpha value is -1.47. The number of nitrogens with two attached hydrogens (primary N) is 1. The number of ether oxygens (including phenoxy) is 3. The van der Waals surface area contributed by atoms with Crippen molar-refractivity contribution in [1.82, 2.24) is 4.90 Å². The van der Waals surface area contributed by atoms with Gasteiger partial charge in [0.25, 0.3) is 0 Å². The Morgan fingerprint density at radius 2 is 1.78 bits per heavy atom. The van der Waals surface area contributed by atoms with Crippen molar-refractivity contribution in [3.05, 3.63) is 29.8 Å². The molecular formula is C26H44N2O4. The van der Waals surface area contributed by atoms with E-state index in [0.717, 1.165) is 50.7 Å². The molecule has 2 saturated heterocycles. The highest BCUT2D eigenvalue weighted by molar-refractivity contribution is 5.52. The number of piperidine rings is 1. The lowest BCUT2D eigenvalue weighted by atomic mass is 9.82. The first-order valence-electron chi connectivity index (χ1n) is 12.4. The van der Waals surface area contributed by atoms with Crippen molar-refractivity contribution in [3.8, 4) is 5.75 Å². The molecule has 1 aromatic rings. The van der Waals surface area contributed by atoms with Gasteiger partial charge in [-0.25, -0.2) is 0 Å². The molecule has 1 aliphatic carbocycles. The van der Waals surface area contributed by atoms with Crippen LogP contribution in [0.1, 0.15) is 69.3 Å². The molecule has 3 aliphatic rings. The summed E-state index contributed by atoms with van der Waals surface area (Å²) in [6.45, 7) is 4.38. The zero-order chi connectivity index (χ0) is 23.0. The lowest BCUT2D eigenvalue weighted by Crippen LogP contribution is -2.24. The quantitative estimate of drug-likeness (QED) is 0.659. The first-order chi connectivity index (χ1) is 15.7. The number of hydrogen-bond donors (Lipinski definition) is 1. The van der Waals surface area contributed by atoms with Gasteiger partial charge in [-0.3, -0.25) is 4.79 Å². The summed E-state index contributed by atoms with van der Waals surface area (Å²) in [6, 6.07) is 8.04. The molecule has 0 amide bonds. The molecule has 32 heavy (non-hydrogen) atoms. The fourth-order valence-electron chi connectivity index (χ4n) is 4.56. The third-order valence-corrected chi connectivity index (χ3v) is 6.54. The summed E-state index contributed by atoms with van der Waals surface area (Å²) in [7, 11) is 3.98. The van der Waals surface area contributed by atoms with Gasteiger partial charge in [0.2, 0.25) is 0 Å². The third-order valence-electron chi connectivity index (χ3n) is 6.54. The summed E-state index contributed by atoms with van der Waals surface area (Å²) in [5, 5.41) is 0. The van der Waals surface area contributed by atoms with Crippen molar-refractivity contribution in [2.24, 2.45) is 5.73 Å². The third kappa shape index (κ3) is 9.99. The molecule has 4 rings (SSSR count). The van der Waals surface area contributed by atoms with Crippen molar-refractivity contribution < 1.29 is 19.0 Å². The van der Waals surface area contributed by atoms with Gasteiger partial charge in [0.15, 0.2) is 6.29 Å². The minimum Gasteiger partial charge on any atom is -0.486 e. The fraction of sp³-hybridized carbons (Fsp3) is 0.731. The lowest BCUT2D eigenvalue weighted by molar-refractivity contribution is -0.109. The van der Waals surface area contributed by atoms with Crippen LogP contribution in [0, 0.1) is 0 Å². The summed E-state index contributed by atoms with van der Waals surface area (Å²) in [6.07, 6.45) is 12.7. The maximum absolute atomic E-state index is 10.4. The second-order valence-electron chi connectivity index (χ2n) is 8.96. The number of nitrogens with zero attached hydrogens (tertiary/aromatic N) is 1. The van der Waals surface area contributed by atoms with E-state index in [1.54, 1.807) is 7.11 Å². The van der Waals surface area contributed by atoms with E-state index >= 15 is 0 Å². The van der Waals surface area contributed by atoms with E-state index in [9.17, 15) is 4.79 Å². The second kappa shape index (κ2) is 16.2. The van der Waals surface area contributed by atoms with Gasteiger partial charge >= 0.3 is 0 Å². The molecule has 1 unspecified atom stereocenters. The van der Waals surface area contributed by atoms with Gasteiger partial charge < -0.3 is 24.8 Å². The topological polar surface area (TPSA) is 74.0 Å². The summed E-state index contributed by atoms with van der Waals surface area (Å²) in [5.74, 6) is 1.38. The smallest absolute Gasteiger partial charge is 0.157 e. The van der Waals surface area contributed by atoms with Crippen molar-refractivity contribution in [2.75, 3.05) is 47.0 Å². The van der Waals surface area contributed by atoms with Gasteiger partial charge in [-0.2, -0.15) is 0 Å². The molecule has 0 radical (unpaired) electrons. The number of para-hydroxylation sites is 1. The van der Waals surface area contributed by atoms with Gasteiger partial charge in [0.05, 0.1) is 12.2 Å². The number of rotatable bonds is 6. The molecule has 2 N–H and O–H groups in total. The Balaban J connectivity index is 0.000000211. The highest BCUT2D eigenvalue weighted by atomic mass is 16.5. The van der Waals surface area contributed by atoms with Crippen LogP contribution in [-0.2, 0) is 14.3 Å². The van der Waals surface area contributed by atoms with E-state index < -0.39 is 0 Å². The van der Waals surface area contributed by atoms with Crippen LogP contribution in [0.5, 0.6) is 5.75 Å². The van der Waals surface area contributed by atoms with Crippen LogP contribution in [-0.4, -0.2) is 70.4 Å². The summed E-state index contributed by atoms with van der Waals surface area (Å²) in [5.41, 5.74) is 6.54. The SMILES string of the molecule is CN1CCCCC1.COC1CCC(c2ccccc2OCC=O)CC1.NCC1CCCO1. The van der Waals surface area contributed by atoms with Crippen LogP contribution in [0.2, 0.25) is 0 Å². The molecule has 3 fully saturated rings. The Morgan fingerprint density at radius 1 is 1.06 bits per heavy atom. The van der Waals surface area contributed by atoms with E-state index in [2.05, 4.69) is 18.0 Å². The molecule has 182 valence electrons. The number of benzene rings is 1. The van der Waals surface area contributed by atoms with Crippen LogP contribution in [0.4, 0.5) is 0 Å². The zero-order valence-electron chi connectivity index (χ0n) is 20.2. The molecule has 1 saturated carbocycles. The first-order valence-corrected chi connectivity index (χ1v) is 12.4. The van der Waals surface area contributed by atoms with E-state index in [-0.39, 0.29) is 6.61 Å². The van der Waals surface area contributed by atoms with E-state index in [4.69, 9.17) is 19.9 Å². The molecule has 0 aromatic heterocycles. The van der Waals surface area contributed by atoms with Gasteiger partial charge in [0.1, 0.15) is 12.4 Å². The first kappa shape index (κ1) is 26.8. The maximum Gasteiger partial charge on any atom is 0.157 e. The number of carbonyl (C=O) groups excluding carboxylic acids is 1. The van der Waals surface area contributed by atoms with Gasteiger partial charge in [-0.05, 0) is 89.1 Å². The average Bonchev–Trinajstić information content (AvgIpc) is 3.39. The number of methoxy groups -OCH3 is 1. The largest absolute Gasteiger partial charge is 0.486 e. The number of hydrogen-bond acceptors (Lipinski definition) is 6. The second-order valence-corrected chi connectivity index (χ2v) is 8.96. The molecule has 2 aliphatic heterocycles. The predicted octanol–water partition coefficient (Wildman–Crippen LogP) is 4.16. The molecule has 0 bridgehead atoms. The van der Waals surface area contributed by atoms with Crippen molar-refractivity contribution >= 4 is 6.29 Å². The molecular weight excluding hydrogens is 404 g/mol. The minimum absolute atomic E-state index is 0.129. The molecule has 1 atom stereocenters. The Kier molecular flexibility index (Phi) is 13.5. The Bertz CT molecular complexity index is 608. The van der Waals surface area contributed by atoms with Gasteiger partial charge in [0, 0.05) is 20.3 Å². The highest BCUT2D eigenvalue weighted by Gasteiger charge is 2.24. The summed E-state index contributed by atoms with van der Waals surface area (Å²) >= 11 is 0. The summed E-state index contributed by atoms with van der Waals surface area (Å²) < 4.78 is 16.1. The molecule has 1 aromatic carbocycles. The monoisotopic (exact) mass is 448 g/mol. The Labute approximate surface area is 194 Å². The lowest BCUT2D eigenvalue weighted by Gasteiger charge is -2.28. The molecule has 6 nitrogen and oxygen atoms in total. The average molecular weight is 449 g/mol. The number of carbonyl (C=O) groups is 1. The minimum atomic E-state index is 0.129. The van der Waals surface area contributed by atoms with Crippen LogP contribution in [0.15, 0.2) is 24.3 Å². The van der Waals surface area contributed by atoms with Crippen molar-refractivity contribution in [2.45, 2.75) is 75.9 Å². The standard InChI is InChI=1S/C15H20O3.C6H13N.C5H11NO/c1-17-13-8-6-12(7-9-13)14-4-2-3-5-15(14)18-11-10-16;1-7-5-3-2-4-6-7;6-4-5-2-1-3-7-5/h2-5,10,12-13H,6-9,11H2,1H3;2-6H2,1H3;5H,1-4,6H2. The molecule has 2 heterocycles. The predicted molar refractivity (Wildman–Crippen MR) is 129 cm³/mol. The van der Waals surface area contributed by atoms with Gasteiger partial charge in [-0.1, -0.05) is 24.6 Å². The Morgan fingerprint density at radius 3 is 2.28 bits per heavy atom. The van der Waals surface area contributed by atoms with Crippen molar-refractivity contribution in [3.63, 3.8) is 0 Å². The normalized spacial score (nSPS) is 25.7. The van der Waals surface area contributed by atoms with Crippen LogP contribution < -0.4 is 10.5 Å². The maximum atomic E-state index is 10.4. The van der Waals surface area contributed by atoms with E-state index in [0.29, 0.717) is 24.7 Å². The summed E-state index contributed by atoms with van der Waals surface area (Å²) in [4.78, 5) is 12.8. The van der Waals surface area contributed by atoms with E-state index in [1.165, 1.54) is 44.3 Å². The van der Waals surface area contributed by atoms with Crippen molar-refractivity contribution in [1.29, 1.82) is 0 Å². The molecule has 0 spiro atoms. The van der Waals surface area contributed by atoms with Crippen LogP contribution in [0.3, 0.4) is 0 Å². The fourth-order valence-corrected chi connectivity index (χ4v) is 4.56. The highest BCUT2D eigenvalue weighted by Crippen LogP contribution is 2.38. The molecule has 6 heteroatoms. The number of likely N-dealkylation sites (tertiary alicyclic amines) is 1. The van der Waals surface area contributed by atoms with Crippen LogP contribution in [0.25, 0.3) is 0 Å². The van der Waals surface area contributed by atoms with Gasteiger partial charge in [-0.15, -0.1) is 0 Å². The van der Waals surface area contributed by atoms with Crippen LogP contribution >= 0.6 is 0 Å².